The molecule has 0 saturated heterocycles. The number of carboxylic acids is 3. The molecule has 1 radical (unpaired) electrons. The molecular formula is C6H11AgCl3O7. The van der Waals surface area contributed by atoms with Crippen LogP contribution in [0.25, 0.3) is 0 Å². The second-order valence-electron chi connectivity index (χ2n) is 2.48. The van der Waals surface area contributed by atoms with Crippen LogP contribution in [0.2, 0.25) is 0 Å². The Balaban J connectivity index is -0.000000120. The van der Waals surface area contributed by atoms with Crippen LogP contribution in [0, 0.1) is 0 Å². The van der Waals surface area contributed by atoms with E-state index in [2.05, 4.69) is 0 Å². The Morgan fingerprint density at radius 2 is 1.06 bits per heavy atom. The van der Waals surface area contributed by atoms with Crippen molar-refractivity contribution in [2.45, 2.75) is 18.4 Å². The first-order valence-electron chi connectivity index (χ1n) is 3.17. The van der Waals surface area contributed by atoms with E-state index in [-0.39, 0.29) is 59.6 Å². The molecule has 0 aromatic heterocycles. The van der Waals surface area contributed by atoms with Crippen LogP contribution in [0.4, 0.5) is 0 Å². The van der Waals surface area contributed by atoms with Crippen molar-refractivity contribution < 1.29 is 57.2 Å². The van der Waals surface area contributed by atoms with Gasteiger partial charge in [0.15, 0.2) is 5.60 Å². The fraction of sp³-hybridized carbons (Fsp3) is 0.500. The van der Waals surface area contributed by atoms with E-state index in [0.717, 1.165) is 0 Å². The van der Waals surface area contributed by atoms with Crippen LogP contribution >= 0.6 is 37.2 Å². The smallest absolute Gasteiger partial charge is 0.336 e. The molecule has 0 aromatic rings. The van der Waals surface area contributed by atoms with E-state index in [9.17, 15) is 14.4 Å². The van der Waals surface area contributed by atoms with Gasteiger partial charge in [-0.1, -0.05) is 0 Å². The van der Waals surface area contributed by atoms with Gasteiger partial charge >= 0.3 is 17.9 Å². The van der Waals surface area contributed by atoms with Crippen molar-refractivity contribution in [2.75, 3.05) is 0 Å². The zero-order valence-electron chi connectivity index (χ0n) is 7.95. The quantitative estimate of drug-likeness (QED) is 0.471. The summed E-state index contributed by atoms with van der Waals surface area (Å²) >= 11 is 0. The maximum Gasteiger partial charge on any atom is 0.336 e. The molecule has 0 aliphatic heterocycles. The zero-order valence-corrected chi connectivity index (χ0v) is 11.9. The summed E-state index contributed by atoms with van der Waals surface area (Å²) in [4.78, 5) is 30.5. The third kappa shape index (κ3) is 12.2. The molecule has 0 saturated carbocycles. The van der Waals surface area contributed by atoms with Gasteiger partial charge in [-0.05, 0) is 0 Å². The summed E-state index contributed by atoms with van der Waals surface area (Å²) in [6.45, 7) is 0. The standard InChI is InChI=1S/C6H8O7.Ag.3ClH/c7-3(8)1-6(13,5(11)12)2-4(9)10;;;;/h13H,1-2H2,(H,7,8)(H,9,10)(H,11,12);;3*1H. The van der Waals surface area contributed by atoms with Gasteiger partial charge in [-0.25, -0.2) is 4.79 Å². The molecule has 11 heteroatoms. The van der Waals surface area contributed by atoms with Gasteiger partial charge in [-0.15, -0.1) is 37.2 Å². The minimum absolute atomic E-state index is 0. The number of hydrogen-bond donors (Lipinski definition) is 4. The molecule has 7 nitrogen and oxygen atoms in total. The van der Waals surface area contributed by atoms with Gasteiger partial charge in [0.25, 0.3) is 0 Å². The van der Waals surface area contributed by atoms with Crippen molar-refractivity contribution in [3.63, 3.8) is 0 Å². The van der Waals surface area contributed by atoms with Gasteiger partial charge in [-0.2, -0.15) is 0 Å². The number of carboxylic acid groups (broad SMARTS) is 3. The fourth-order valence-electron chi connectivity index (χ4n) is 0.714. The molecule has 0 rings (SSSR count). The summed E-state index contributed by atoms with van der Waals surface area (Å²) in [6, 6.07) is 0. The van der Waals surface area contributed by atoms with Gasteiger partial charge in [0.05, 0.1) is 12.8 Å². The Kier molecular flexibility index (Phi) is 22.1. The molecule has 0 spiro atoms. The zero-order chi connectivity index (χ0) is 10.6. The Morgan fingerprint density at radius 3 is 1.18 bits per heavy atom. The molecule has 109 valence electrons. The van der Waals surface area contributed by atoms with Crippen LogP contribution in [-0.4, -0.2) is 43.9 Å². The first-order valence-corrected chi connectivity index (χ1v) is 3.17. The minimum atomic E-state index is -2.74. The normalized spacial score (nSPS) is 8.29. The van der Waals surface area contributed by atoms with Crippen molar-refractivity contribution >= 4 is 55.1 Å². The summed E-state index contributed by atoms with van der Waals surface area (Å²) in [5.74, 6) is -5.02. The second-order valence-corrected chi connectivity index (χ2v) is 2.48. The number of halogens is 3. The van der Waals surface area contributed by atoms with Crippen molar-refractivity contribution in [3.8, 4) is 0 Å². The molecule has 0 unspecified atom stereocenters. The summed E-state index contributed by atoms with van der Waals surface area (Å²) in [7, 11) is 0. The molecule has 17 heavy (non-hydrogen) atoms. The topological polar surface area (TPSA) is 132 Å². The number of carbonyl (C=O) groups is 3. The largest absolute Gasteiger partial charge is 0.481 e. The Hall–Kier alpha value is -0.0197. The summed E-state index contributed by atoms with van der Waals surface area (Å²) in [6.07, 6.45) is -2.29. The number of hydrogen-bond acceptors (Lipinski definition) is 4. The summed E-state index contributed by atoms with van der Waals surface area (Å²) in [5, 5.41) is 33.8. The summed E-state index contributed by atoms with van der Waals surface area (Å²) < 4.78 is 0. The van der Waals surface area contributed by atoms with E-state index in [1.54, 1.807) is 0 Å². The van der Waals surface area contributed by atoms with E-state index in [4.69, 9.17) is 20.4 Å². The van der Waals surface area contributed by atoms with Crippen molar-refractivity contribution in [1.82, 2.24) is 0 Å². The number of aliphatic hydroxyl groups is 1. The average molecular weight is 409 g/mol. The van der Waals surface area contributed by atoms with Gasteiger partial charge in [-0.3, -0.25) is 9.59 Å². The monoisotopic (exact) mass is 407 g/mol. The van der Waals surface area contributed by atoms with Gasteiger partial charge < -0.3 is 20.4 Å². The van der Waals surface area contributed by atoms with Crippen LogP contribution in [0.1, 0.15) is 12.8 Å². The van der Waals surface area contributed by atoms with E-state index in [1.807, 2.05) is 0 Å². The van der Waals surface area contributed by atoms with Crippen molar-refractivity contribution in [1.29, 1.82) is 0 Å². The molecule has 0 aromatic carbocycles. The first kappa shape index (κ1) is 30.2. The van der Waals surface area contributed by atoms with Crippen molar-refractivity contribution in [2.24, 2.45) is 0 Å². The van der Waals surface area contributed by atoms with E-state index in [1.165, 1.54) is 0 Å². The van der Waals surface area contributed by atoms with Crippen LogP contribution in [0.5, 0.6) is 0 Å². The molecule has 0 fully saturated rings. The SMILES string of the molecule is Cl.Cl.Cl.O=C(O)CC(O)(CC(=O)O)C(=O)O.[Ag]. The molecule has 0 heterocycles. The predicted octanol–water partition coefficient (Wildman–Crippen LogP) is 0.0144. The molecule has 0 atom stereocenters. The van der Waals surface area contributed by atoms with Gasteiger partial charge in [0.2, 0.25) is 0 Å². The Bertz CT molecular complexity index is 244. The predicted molar refractivity (Wildman–Crippen MR) is 58.8 cm³/mol. The Labute approximate surface area is 130 Å². The van der Waals surface area contributed by atoms with Crippen LogP contribution in [-0.2, 0) is 36.8 Å². The molecular weight excluding hydrogens is 398 g/mol. The maximum absolute atomic E-state index is 10.3. The van der Waals surface area contributed by atoms with Crippen LogP contribution in [0.3, 0.4) is 0 Å². The molecule has 4 N–H and O–H groups in total. The Morgan fingerprint density at radius 1 is 0.824 bits per heavy atom. The van der Waals surface area contributed by atoms with E-state index < -0.39 is 36.4 Å². The van der Waals surface area contributed by atoms with Gasteiger partial charge in [0, 0.05) is 22.4 Å². The second kappa shape index (κ2) is 12.4. The molecule has 0 aliphatic carbocycles. The molecule has 0 aliphatic rings. The average Bonchev–Trinajstić information content (AvgIpc) is 1.82. The third-order valence-electron chi connectivity index (χ3n) is 1.29. The van der Waals surface area contributed by atoms with Crippen LogP contribution < -0.4 is 0 Å². The van der Waals surface area contributed by atoms with Crippen LogP contribution in [0.15, 0.2) is 0 Å². The van der Waals surface area contributed by atoms with Crippen molar-refractivity contribution in [3.05, 3.63) is 0 Å². The van der Waals surface area contributed by atoms with E-state index in [0.29, 0.717) is 0 Å². The molecule has 0 bridgehead atoms. The number of aliphatic carboxylic acids is 3. The summed E-state index contributed by atoms with van der Waals surface area (Å²) in [5.41, 5.74) is -2.74. The van der Waals surface area contributed by atoms with Gasteiger partial charge in [0.1, 0.15) is 0 Å². The fourth-order valence-corrected chi connectivity index (χ4v) is 0.714. The van der Waals surface area contributed by atoms with E-state index >= 15 is 0 Å². The maximum atomic E-state index is 10.3. The first-order chi connectivity index (χ1) is 5.78. The minimum Gasteiger partial charge on any atom is -0.481 e. The molecule has 0 amide bonds. The third-order valence-corrected chi connectivity index (χ3v) is 1.29. The number of rotatable bonds is 5.